The van der Waals surface area contributed by atoms with Crippen LogP contribution >= 0.6 is 0 Å². The Bertz CT molecular complexity index is 1290. The Balaban J connectivity index is 0.000000442. The van der Waals surface area contributed by atoms with E-state index in [1.54, 1.807) is 0 Å². The molecule has 0 radical (unpaired) electrons. The van der Waals surface area contributed by atoms with E-state index in [1.807, 2.05) is 33.8 Å². The number of unbranched alkanes of at least 4 members (excludes halogenated alkanes) is 1. The highest BCUT2D eigenvalue weighted by atomic mass is 16.2. The van der Waals surface area contributed by atoms with Crippen LogP contribution in [0.4, 0.5) is 0 Å². The lowest BCUT2D eigenvalue weighted by Crippen LogP contribution is -2.37. The lowest BCUT2D eigenvalue weighted by Gasteiger charge is -2.20. The first-order valence-corrected chi connectivity index (χ1v) is 16.3. The third kappa shape index (κ3) is 11.7. The number of amides is 2. The monoisotopic (exact) mass is 604 g/mol. The number of hydrogen-bond acceptors (Lipinski definition) is 3. The fourth-order valence-electron chi connectivity index (χ4n) is 5.52. The minimum absolute atomic E-state index is 0.0162. The molecular formula is C39H60N2O3. The van der Waals surface area contributed by atoms with Crippen molar-refractivity contribution in [1.29, 1.82) is 0 Å². The lowest BCUT2D eigenvalue weighted by molar-refractivity contribution is -0.125. The summed E-state index contributed by atoms with van der Waals surface area (Å²) in [6.45, 7) is 28.9. The molecule has 5 nitrogen and oxygen atoms in total. The summed E-state index contributed by atoms with van der Waals surface area (Å²) in [5, 5.41) is 6.11. The van der Waals surface area contributed by atoms with Crippen LogP contribution in [0.1, 0.15) is 109 Å². The van der Waals surface area contributed by atoms with Gasteiger partial charge in [0.15, 0.2) is 0 Å². The van der Waals surface area contributed by atoms with Crippen LogP contribution in [-0.4, -0.2) is 30.2 Å². The third-order valence-corrected chi connectivity index (χ3v) is 9.38. The molecule has 0 aliphatic rings. The summed E-state index contributed by atoms with van der Waals surface area (Å²) in [4.78, 5) is 34.9. The van der Waals surface area contributed by atoms with Gasteiger partial charge in [-0.1, -0.05) is 32.1 Å². The molecule has 2 amide bonds. The Morgan fingerprint density at radius 1 is 0.682 bits per heavy atom. The fourth-order valence-corrected chi connectivity index (χ4v) is 5.52. The molecule has 0 spiro atoms. The summed E-state index contributed by atoms with van der Waals surface area (Å²) in [5.41, 5.74) is 13.1. The molecule has 2 N–H and O–H groups in total. The van der Waals surface area contributed by atoms with Crippen molar-refractivity contribution >= 4 is 18.1 Å². The van der Waals surface area contributed by atoms with E-state index in [9.17, 15) is 14.4 Å². The molecule has 0 saturated carbocycles. The number of benzene rings is 2. The summed E-state index contributed by atoms with van der Waals surface area (Å²) < 4.78 is 0. The van der Waals surface area contributed by atoms with Gasteiger partial charge in [0.05, 0.1) is 0 Å². The van der Waals surface area contributed by atoms with E-state index in [0.29, 0.717) is 6.42 Å². The maximum absolute atomic E-state index is 12.4. The fraction of sp³-hybridized carbons (Fsp3) is 0.564. The number of rotatable bonds is 14. The predicted octanol–water partition coefficient (Wildman–Crippen LogP) is 8.15. The molecule has 0 bridgehead atoms. The molecule has 0 saturated heterocycles. The van der Waals surface area contributed by atoms with Gasteiger partial charge >= 0.3 is 0 Å². The molecule has 0 fully saturated rings. The Morgan fingerprint density at radius 2 is 1.09 bits per heavy atom. The van der Waals surface area contributed by atoms with Crippen LogP contribution in [0.15, 0.2) is 24.8 Å². The van der Waals surface area contributed by atoms with Gasteiger partial charge in [-0.3, -0.25) is 9.59 Å². The molecule has 2 aromatic carbocycles. The van der Waals surface area contributed by atoms with Crippen molar-refractivity contribution in [2.75, 3.05) is 0 Å². The van der Waals surface area contributed by atoms with Crippen molar-refractivity contribution in [3.8, 4) is 0 Å². The SMILES string of the molecule is C=CC[C@@H](C)NC(=O)[C@@H](C)Cc1cc(C)c(C)c(C)c1C.Cc1cc(C[C@H](C)C(=O)N[C@H](C)CCCC=O)c(C)c(C)c1C. The van der Waals surface area contributed by atoms with Gasteiger partial charge in [0.1, 0.15) is 6.29 Å². The summed E-state index contributed by atoms with van der Waals surface area (Å²) in [7, 11) is 0. The normalized spacial score (nSPS) is 13.5. The maximum atomic E-state index is 12.4. The van der Waals surface area contributed by atoms with Crippen molar-refractivity contribution in [3.63, 3.8) is 0 Å². The first kappa shape index (κ1) is 38.8. The van der Waals surface area contributed by atoms with Crippen molar-refractivity contribution in [2.24, 2.45) is 11.8 Å². The Morgan fingerprint density at radius 3 is 1.48 bits per heavy atom. The Kier molecular flexibility index (Phi) is 16.4. The zero-order valence-electron chi connectivity index (χ0n) is 29.8. The van der Waals surface area contributed by atoms with Gasteiger partial charge in [-0.05, 0) is 157 Å². The number of carbonyl (C=O) groups excluding carboxylic acids is 3. The molecule has 0 aromatic heterocycles. The highest BCUT2D eigenvalue weighted by molar-refractivity contribution is 5.79. The van der Waals surface area contributed by atoms with Crippen LogP contribution in [0.3, 0.4) is 0 Å². The maximum Gasteiger partial charge on any atom is 0.223 e. The average Bonchev–Trinajstić information content (AvgIpc) is 2.96. The molecule has 0 heterocycles. The van der Waals surface area contributed by atoms with Gasteiger partial charge in [-0.2, -0.15) is 0 Å². The Hall–Kier alpha value is -3.21. The Labute approximate surface area is 268 Å². The first-order valence-electron chi connectivity index (χ1n) is 16.3. The number of aldehydes is 1. The topological polar surface area (TPSA) is 75.3 Å². The smallest absolute Gasteiger partial charge is 0.223 e. The predicted molar refractivity (Wildman–Crippen MR) is 186 cm³/mol. The van der Waals surface area contributed by atoms with Gasteiger partial charge in [0.2, 0.25) is 11.8 Å². The molecule has 2 aromatic rings. The second-order valence-corrected chi connectivity index (χ2v) is 13.1. The van der Waals surface area contributed by atoms with Gasteiger partial charge < -0.3 is 15.4 Å². The van der Waals surface area contributed by atoms with Crippen LogP contribution < -0.4 is 10.6 Å². The van der Waals surface area contributed by atoms with E-state index in [-0.39, 0.29) is 35.7 Å². The van der Waals surface area contributed by atoms with Crippen LogP contribution in [-0.2, 0) is 27.2 Å². The van der Waals surface area contributed by atoms with Gasteiger partial charge in [0.25, 0.3) is 0 Å². The number of aryl methyl sites for hydroxylation is 2. The second kappa shape index (κ2) is 18.6. The molecule has 0 aliphatic carbocycles. The van der Waals surface area contributed by atoms with E-state index in [2.05, 4.69) is 84.7 Å². The van der Waals surface area contributed by atoms with Crippen molar-refractivity contribution < 1.29 is 14.4 Å². The average molecular weight is 605 g/mol. The highest BCUT2D eigenvalue weighted by Gasteiger charge is 2.19. The molecule has 5 heteroatoms. The van der Waals surface area contributed by atoms with E-state index < -0.39 is 0 Å². The van der Waals surface area contributed by atoms with Crippen LogP contribution in [0.2, 0.25) is 0 Å². The molecule has 2 rings (SSSR count). The molecule has 44 heavy (non-hydrogen) atoms. The largest absolute Gasteiger partial charge is 0.353 e. The standard InChI is InChI=1S/C20H31NO2.C19H29NO/c1-13-11-19(18(6)17(5)16(13)4)12-14(2)20(23)21-15(3)9-7-8-10-22;1-8-9-14(4)20-19(21)13(3)11-18-10-12(2)15(5)16(6)17(18)7/h10-11,14-15H,7-9,12H2,1-6H3,(H,21,23);8,10,13-14H,1,9,11H2,2-7H3,(H,20,21)/t14-,15+;13-,14+/m00/s1. The highest BCUT2D eigenvalue weighted by Crippen LogP contribution is 2.25. The minimum Gasteiger partial charge on any atom is -0.353 e. The van der Waals surface area contributed by atoms with Crippen LogP contribution in [0.25, 0.3) is 0 Å². The van der Waals surface area contributed by atoms with E-state index in [4.69, 9.17) is 0 Å². The van der Waals surface area contributed by atoms with E-state index in [0.717, 1.165) is 38.4 Å². The van der Waals surface area contributed by atoms with Crippen molar-refractivity contribution in [1.82, 2.24) is 10.6 Å². The zero-order valence-corrected chi connectivity index (χ0v) is 29.8. The van der Waals surface area contributed by atoms with Crippen LogP contribution in [0, 0.1) is 67.2 Å². The van der Waals surface area contributed by atoms with Crippen LogP contribution in [0.5, 0.6) is 0 Å². The summed E-state index contributed by atoms with van der Waals surface area (Å²) in [6.07, 6.45) is 7.38. The van der Waals surface area contributed by atoms with Gasteiger partial charge in [-0.15, -0.1) is 6.58 Å². The summed E-state index contributed by atoms with van der Waals surface area (Å²) in [5.74, 6) is 0.153. The van der Waals surface area contributed by atoms with Gasteiger partial charge in [-0.25, -0.2) is 0 Å². The minimum atomic E-state index is -0.0521. The zero-order chi connectivity index (χ0) is 33.7. The number of carbonyl (C=O) groups is 3. The van der Waals surface area contributed by atoms with Crippen molar-refractivity contribution in [3.05, 3.63) is 80.4 Å². The third-order valence-electron chi connectivity index (χ3n) is 9.38. The van der Waals surface area contributed by atoms with E-state index >= 15 is 0 Å². The molecule has 244 valence electrons. The second-order valence-electron chi connectivity index (χ2n) is 13.1. The molecule has 0 aliphatic heterocycles. The summed E-state index contributed by atoms with van der Waals surface area (Å²) >= 11 is 0. The molecular weight excluding hydrogens is 544 g/mol. The van der Waals surface area contributed by atoms with Crippen molar-refractivity contribution in [2.45, 2.75) is 134 Å². The summed E-state index contributed by atoms with van der Waals surface area (Å²) in [6, 6.07) is 4.72. The lowest BCUT2D eigenvalue weighted by atomic mass is 9.89. The van der Waals surface area contributed by atoms with E-state index in [1.165, 1.54) is 55.6 Å². The molecule has 4 atom stereocenters. The number of nitrogens with one attached hydrogen (secondary N) is 2. The first-order chi connectivity index (χ1) is 20.5. The molecule has 0 unspecified atom stereocenters. The number of hydrogen-bond donors (Lipinski definition) is 2. The quantitative estimate of drug-likeness (QED) is 0.130. The van der Waals surface area contributed by atoms with Gasteiger partial charge in [0, 0.05) is 30.3 Å².